The van der Waals surface area contributed by atoms with Gasteiger partial charge >= 0.3 is 0 Å². The lowest BCUT2D eigenvalue weighted by Crippen LogP contribution is -2.26. The van der Waals surface area contributed by atoms with Crippen molar-refractivity contribution in [3.05, 3.63) is 28.8 Å². The molecule has 0 spiro atoms. The third kappa shape index (κ3) is 1.71. The molecule has 1 aromatic rings. The fraction of sp³-hybridized carbons (Fsp3) is 0.571. The van der Waals surface area contributed by atoms with Crippen molar-refractivity contribution in [3.63, 3.8) is 0 Å². The molecule has 0 amide bonds. The lowest BCUT2D eigenvalue weighted by atomic mass is 9.94. The van der Waals surface area contributed by atoms with Crippen LogP contribution in [0.5, 0.6) is 5.75 Å². The monoisotopic (exact) mass is 217 g/mol. The van der Waals surface area contributed by atoms with Crippen molar-refractivity contribution in [3.8, 4) is 5.75 Å². The molecule has 0 radical (unpaired) electrons. The Labute approximate surface area is 97.0 Å². The van der Waals surface area contributed by atoms with E-state index in [1.54, 1.807) is 0 Å². The summed E-state index contributed by atoms with van der Waals surface area (Å²) in [6.45, 7) is 4.19. The number of piperidine rings is 1. The van der Waals surface area contributed by atoms with Crippen molar-refractivity contribution in [1.29, 1.82) is 0 Å². The Hall–Kier alpha value is -1.02. The quantitative estimate of drug-likeness (QED) is 0.781. The second-order valence-electron chi connectivity index (χ2n) is 4.93. The van der Waals surface area contributed by atoms with E-state index in [1.807, 2.05) is 0 Å². The molecule has 16 heavy (non-hydrogen) atoms. The van der Waals surface area contributed by atoms with Gasteiger partial charge in [-0.1, -0.05) is 18.6 Å². The maximum Gasteiger partial charge on any atom is 0.125 e. The van der Waals surface area contributed by atoms with Crippen molar-refractivity contribution in [2.24, 2.45) is 0 Å². The molecule has 2 heteroatoms. The van der Waals surface area contributed by atoms with E-state index in [4.69, 9.17) is 4.74 Å². The molecular weight excluding hydrogens is 198 g/mol. The van der Waals surface area contributed by atoms with Gasteiger partial charge in [0.15, 0.2) is 0 Å². The van der Waals surface area contributed by atoms with Gasteiger partial charge < -0.3 is 10.1 Å². The molecule has 0 saturated carbocycles. The third-order valence-corrected chi connectivity index (χ3v) is 3.70. The van der Waals surface area contributed by atoms with Crippen LogP contribution in [-0.4, -0.2) is 13.2 Å². The summed E-state index contributed by atoms with van der Waals surface area (Å²) >= 11 is 0. The zero-order valence-electron chi connectivity index (χ0n) is 9.88. The number of fused-ring (bicyclic) bond motifs is 1. The summed E-state index contributed by atoms with van der Waals surface area (Å²) in [5, 5.41) is 3.61. The minimum absolute atomic E-state index is 0.568. The number of hydrogen-bond acceptors (Lipinski definition) is 2. The first-order valence-corrected chi connectivity index (χ1v) is 6.34. The average Bonchev–Trinajstić information content (AvgIpc) is 2.79. The van der Waals surface area contributed by atoms with Crippen LogP contribution in [0.25, 0.3) is 0 Å². The first-order chi connectivity index (χ1) is 7.84. The number of rotatable bonds is 1. The molecule has 1 fully saturated rings. The normalized spacial score (nSPS) is 23.9. The lowest BCUT2D eigenvalue weighted by Gasteiger charge is -2.24. The van der Waals surface area contributed by atoms with Crippen LogP contribution in [-0.2, 0) is 6.42 Å². The number of ether oxygens (including phenoxy) is 1. The predicted molar refractivity (Wildman–Crippen MR) is 65.0 cm³/mol. The average molecular weight is 217 g/mol. The van der Waals surface area contributed by atoms with E-state index >= 15 is 0 Å². The third-order valence-electron chi connectivity index (χ3n) is 3.70. The van der Waals surface area contributed by atoms with Crippen LogP contribution in [0.4, 0.5) is 0 Å². The van der Waals surface area contributed by atoms with E-state index in [9.17, 15) is 0 Å². The van der Waals surface area contributed by atoms with E-state index in [0.29, 0.717) is 6.04 Å². The van der Waals surface area contributed by atoms with Crippen LogP contribution in [0.2, 0.25) is 0 Å². The van der Waals surface area contributed by atoms with Gasteiger partial charge in [-0.2, -0.15) is 0 Å². The molecule has 2 aliphatic heterocycles. The van der Waals surface area contributed by atoms with Crippen molar-refractivity contribution in [2.75, 3.05) is 13.2 Å². The molecule has 1 saturated heterocycles. The van der Waals surface area contributed by atoms with E-state index in [2.05, 4.69) is 24.4 Å². The Bertz CT molecular complexity index is 394. The summed E-state index contributed by atoms with van der Waals surface area (Å²) in [6, 6.07) is 5.21. The maximum atomic E-state index is 5.65. The van der Waals surface area contributed by atoms with E-state index in [0.717, 1.165) is 25.3 Å². The van der Waals surface area contributed by atoms with Crippen molar-refractivity contribution in [2.45, 2.75) is 38.6 Å². The zero-order valence-corrected chi connectivity index (χ0v) is 9.88. The van der Waals surface area contributed by atoms with Gasteiger partial charge in [0.1, 0.15) is 5.75 Å². The molecule has 2 aliphatic rings. The molecule has 2 nitrogen and oxygen atoms in total. The summed E-state index contributed by atoms with van der Waals surface area (Å²) in [5.41, 5.74) is 4.17. The standard InChI is InChI=1S/C14H19NO/c1-10-8-12(13-4-2-3-6-15-13)9-11-5-7-16-14(10)11/h8-9,13,15H,2-7H2,1H3. The summed E-state index contributed by atoms with van der Waals surface area (Å²) < 4.78 is 5.65. The Morgan fingerprint density at radius 2 is 2.25 bits per heavy atom. The van der Waals surface area contributed by atoms with E-state index in [1.165, 1.54) is 36.0 Å². The van der Waals surface area contributed by atoms with Gasteiger partial charge in [-0.25, -0.2) is 0 Å². The lowest BCUT2D eigenvalue weighted by molar-refractivity contribution is 0.354. The minimum atomic E-state index is 0.568. The highest BCUT2D eigenvalue weighted by Gasteiger charge is 2.20. The number of benzene rings is 1. The van der Waals surface area contributed by atoms with Crippen LogP contribution < -0.4 is 10.1 Å². The van der Waals surface area contributed by atoms with Gasteiger partial charge in [0, 0.05) is 12.5 Å². The van der Waals surface area contributed by atoms with Gasteiger partial charge in [0.2, 0.25) is 0 Å². The molecule has 1 unspecified atom stereocenters. The van der Waals surface area contributed by atoms with Crippen molar-refractivity contribution >= 4 is 0 Å². The molecule has 1 N–H and O–H groups in total. The van der Waals surface area contributed by atoms with Gasteiger partial charge in [0.25, 0.3) is 0 Å². The molecule has 2 heterocycles. The molecule has 0 aliphatic carbocycles. The SMILES string of the molecule is Cc1cc(C2CCCCN2)cc2c1OCC2. The molecule has 3 rings (SSSR count). The smallest absolute Gasteiger partial charge is 0.125 e. The molecule has 0 bridgehead atoms. The largest absolute Gasteiger partial charge is 0.493 e. The molecule has 1 aromatic carbocycles. The first kappa shape index (κ1) is 10.2. The van der Waals surface area contributed by atoms with Gasteiger partial charge in [-0.3, -0.25) is 0 Å². The predicted octanol–water partition coefficient (Wildman–Crippen LogP) is 2.74. The highest BCUT2D eigenvalue weighted by molar-refractivity contribution is 5.47. The first-order valence-electron chi connectivity index (χ1n) is 6.34. The zero-order chi connectivity index (χ0) is 11.0. The van der Waals surface area contributed by atoms with Gasteiger partial charge in [-0.15, -0.1) is 0 Å². The molecule has 0 aromatic heterocycles. The second kappa shape index (κ2) is 4.10. The molecule has 86 valence electrons. The number of aryl methyl sites for hydroxylation is 1. The van der Waals surface area contributed by atoms with Crippen LogP contribution >= 0.6 is 0 Å². The Balaban J connectivity index is 1.92. The Kier molecular flexibility index (Phi) is 2.60. The van der Waals surface area contributed by atoms with E-state index in [-0.39, 0.29) is 0 Å². The van der Waals surface area contributed by atoms with E-state index < -0.39 is 0 Å². The fourth-order valence-electron chi connectivity index (χ4n) is 2.87. The summed E-state index contributed by atoms with van der Waals surface area (Å²) in [5.74, 6) is 1.14. The Morgan fingerprint density at radius 3 is 3.06 bits per heavy atom. The summed E-state index contributed by atoms with van der Waals surface area (Å²) in [6.07, 6.45) is 5.03. The fourth-order valence-corrected chi connectivity index (χ4v) is 2.87. The van der Waals surface area contributed by atoms with Gasteiger partial charge in [0.05, 0.1) is 6.61 Å². The van der Waals surface area contributed by atoms with Crippen molar-refractivity contribution < 1.29 is 4.74 Å². The number of nitrogens with one attached hydrogen (secondary N) is 1. The highest BCUT2D eigenvalue weighted by Crippen LogP contribution is 2.34. The topological polar surface area (TPSA) is 21.3 Å². The van der Waals surface area contributed by atoms with Crippen molar-refractivity contribution in [1.82, 2.24) is 5.32 Å². The second-order valence-corrected chi connectivity index (χ2v) is 4.93. The van der Waals surface area contributed by atoms with Crippen LogP contribution in [0, 0.1) is 6.92 Å². The van der Waals surface area contributed by atoms with Crippen LogP contribution in [0.3, 0.4) is 0 Å². The summed E-state index contributed by atoms with van der Waals surface area (Å²) in [7, 11) is 0. The Morgan fingerprint density at radius 1 is 1.31 bits per heavy atom. The van der Waals surface area contributed by atoms with Gasteiger partial charge in [-0.05, 0) is 43.0 Å². The van der Waals surface area contributed by atoms with Crippen LogP contribution in [0.15, 0.2) is 12.1 Å². The summed E-state index contributed by atoms with van der Waals surface area (Å²) in [4.78, 5) is 0. The molecule has 1 atom stereocenters. The highest BCUT2D eigenvalue weighted by atomic mass is 16.5. The van der Waals surface area contributed by atoms with Crippen LogP contribution in [0.1, 0.15) is 42.0 Å². The minimum Gasteiger partial charge on any atom is -0.493 e. The molecular formula is C14H19NO. The number of hydrogen-bond donors (Lipinski definition) is 1. The maximum absolute atomic E-state index is 5.65.